The van der Waals surface area contributed by atoms with Crippen molar-refractivity contribution in [1.29, 1.82) is 0 Å². The van der Waals surface area contributed by atoms with Gasteiger partial charge in [0.1, 0.15) is 5.82 Å². The molecule has 0 aliphatic carbocycles. The number of halogens is 2. The van der Waals surface area contributed by atoms with Crippen molar-refractivity contribution in [1.82, 2.24) is 10.2 Å². The highest BCUT2D eigenvalue weighted by Crippen LogP contribution is 2.30. The Balaban J connectivity index is 1.40. The van der Waals surface area contributed by atoms with Crippen molar-refractivity contribution in [2.45, 2.75) is 5.22 Å². The highest BCUT2D eigenvalue weighted by Gasteiger charge is 2.18. The van der Waals surface area contributed by atoms with E-state index in [0.29, 0.717) is 23.9 Å². The van der Waals surface area contributed by atoms with Crippen LogP contribution in [0, 0.1) is 5.82 Å². The second kappa shape index (κ2) is 9.46. The Morgan fingerprint density at radius 3 is 2.80 bits per heavy atom. The van der Waals surface area contributed by atoms with Gasteiger partial charge in [-0.05, 0) is 30.3 Å². The number of aromatic nitrogens is 2. The van der Waals surface area contributed by atoms with E-state index in [9.17, 15) is 9.18 Å². The molecule has 0 atom stereocenters. The van der Waals surface area contributed by atoms with Crippen LogP contribution in [0.15, 0.2) is 52.1 Å². The summed E-state index contributed by atoms with van der Waals surface area (Å²) in [6.45, 7) is 2.74. The molecule has 1 saturated heterocycles. The minimum atomic E-state index is -0.452. The number of carbonyl (C=O) groups is 1. The molecule has 4 rings (SSSR count). The predicted molar refractivity (Wildman–Crippen MR) is 114 cm³/mol. The lowest BCUT2D eigenvalue weighted by Crippen LogP contribution is -2.36. The Hall–Kier alpha value is -2.62. The number of benzene rings is 2. The van der Waals surface area contributed by atoms with Crippen LogP contribution in [0.5, 0.6) is 0 Å². The van der Waals surface area contributed by atoms with Crippen molar-refractivity contribution in [2.24, 2.45) is 0 Å². The first kappa shape index (κ1) is 20.6. The summed E-state index contributed by atoms with van der Waals surface area (Å²) in [4.78, 5) is 14.6. The molecule has 1 fully saturated rings. The van der Waals surface area contributed by atoms with E-state index in [1.54, 1.807) is 30.3 Å². The van der Waals surface area contributed by atoms with Crippen molar-refractivity contribution in [2.75, 3.05) is 42.3 Å². The lowest BCUT2D eigenvalue weighted by atomic mass is 10.2. The van der Waals surface area contributed by atoms with Crippen LogP contribution in [0.2, 0.25) is 5.02 Å². The Morgan fingerprint density at radius 2 is 2.00 bits per heavy atom. The summed E-state index contributed by atoms with van der Waals surface area (Å²) in [5.41, 5.74) is 1.74. The zero-order chi connectivity index (χ0) is 20.9. The van der Waals surface area contributed by atoms with Gasteiger partial charge in [0.2, 0.25) is 5.91 Å². The maximum Gasteiger partial charge on any atom is 0.277 e. The monoisotopic (exact) mass is 448 g/mol. The summed E-state index contributed by atoms with van der Waals surface area (Å²) in [7, 11) is 0. The van der Waals surface area contributed by atoms with Crippen molar-refractivity contribution in [3.63, 3.8) is 0 Å². The van der Waals surface area contributed by atoms with Gasteiger partial charge in [-0.3, -0.25) is 4.79 Å². The number of hydrogen-bond acceptors (Lipinski definition) is 7. The molecule has 1 aliphatic heterocycles. The molecule has 0 bridgehead atoms. The summed E-state index contributed by atoms with van der Waals surface area (Å²) >= 11 is 7.20. The average Bonchev–Trinajstić information content (AvgIpc) is 3.22. The summed E-state index contributed by atoms with van der Waals surface area (Å²) in [5, 5.41) is 11.3. The second-order valence-electron chi connectivity index (χ2n) is 6.45. The molecule has 0 radical (unpaired) electrons. The van der Waals surface area contributed by atoms with Crippen molar-refractivity contribution in [3.8, 4) is 11.5 Å². The molecular formula is C20H18ClFN4O3S. The molecule has 10 heteroatoms. The lowest BCUT2D eigenvalue weighted by Gasteiger charge is -2.30. The number of nitrogens with zero attached hydrogens (tertiary/aromatic N) is 3. The number of rotatable bonds is 6. The molecule has 1 aromatic heterocycles. The molecule has 1 amide bonds. The Bertz CT molecular complexity index is 1040. The quantitative estimate of drug-likeness (QED) is 0.568. The van der Waals surface area contributed by atoms with Gasteiger partial charge in [-0.25, -0.2) is 4.39 Å². The number of amides is 1. The fourth-order valence-corrected chi connectivity index (χ4v) is 3.75. The number of thioether (sulfide) groups is 1. The molecule has 2 aromatic carbocycles. The van der Waals surface area contributed by atoms with Gasteiger partial charge in [0.25, 0.3) is 11.1 Å². The largest absolute Gasteiger partial charge is 0.411 e. The zero-order valence-corrected chi connectivity index (χ0v) is 17.4. The van der Waals surface area contributed by atoms with E-state index in [1.165, 1.54) is 6.07 Å². The van der Waals surface area contributed by atoms with E-state index in [2.05, 4.69) is 20.4 Å². The Morgan fingerprint density at radius 1 is 1.20 bits per heavy atom. The number of hydrogen-bond donors (Lipinski definition) is 1. The van der Waals surface area contributed by atoms with Gasteiger partial charge in [-0.1, -0.05) is 35.5 Å². The molecule has 2 heterocycles. The number of anilines is 2. The van der Waals surface area contributed by atoms with E-state index in [4.69, 9.17) is 20.8 Å². The van der Waals surface area contributed by atoms with E-state index < -0.39 is 5.82 Å². The molecule has 30 heavy (non-hydrogen) atoms. The third-order valence-corrected chi connectivity index (χ3v) is 5.48. The van der Waals surface area contributed by atoms with E-state index >= 15 is 0 Å². The molecule has 156 valence electrons. The normalized spacial score (nSPS) is 14.0. The van der Waals surface area contributed by atoms with Gasteiger partial charge < -0.3 is 19.4 Å². The van der Waals surface area contributed by atoms with Crippen LogP contribution >= 0.6 is 23.4 Å². The van der Waals surface area contributed by atoms with Crippen LogP contribution in [0.25, 0.3) is 11.5 Å². The van der Waals surface area contributed by atoms with Crippen molar-refractivity contribution < 1.29 is 18.3 Å². The molecule has 7 nitrogen and oxygen atoms in total. The van der Waals surface area contributed by atoms with Crippen LogP contribution < -0.4 is 10.2 Å². The van der Waals surface area contributed by atoms with Gasteiger partial charge in [-0.15, -0.1) is 10.2 Å². The molecule has 0 unspecified atom stereocenters. The standard InChI is InChI=1S/C20H18ClFN4O3S/c21-13-5-6-17(26-7-9-28-10-8-26)16(11-13)23-18(27)12-30-20-25-24-19(29-20)14-3-1-2-4-15(14)22/h1-6,11H,7-10,12H2,(H,23,27). The van der Waals surface area contributed by atoms with E-state index in [0.717, 1.165) is 30.5 Å². The highest BCUT2D eigenvalue weighted by atomic mass is 35.5. The molecular weight excluding hydrogens is 431 g/mol. The Kier molecular flexibility index (Phi) is 6.51. The molecule has 1 N–H and O–H groups in total. The number of morpholine rings is 1. The second-order valence-corrected chi connectivity index (χ2v) is 7.81. The summed E-state index contributed by atoms with van der Waals surface area (Å²) in [5.74, 6) is -0.580. The molecule has 0 spiro atoms. The average molecular weight is 449 g/mol. The maximum atomic E-state index is 13.8. The maximum absolute atomic E-state index is 13.8. The van der Waals surface area contributed by atoms with Crippen LogP contribution in [0.1, 0.15) is 0 Å². The minimum Gasteiger partial charge on any atom is -0.411 e. The Labute approximate surface area is 181 Å². The smallest absolute Gasteiger partial charge is 0.277 e. The van der Waals surface area contributed by atoms with Gasteiger partial charge in [0.15, 0.2) is 0 Å². The van der Waals surface area contributed by atoms with Crippen LogP contribution in [0.4, 0.5) is 15.8 Å². The number of carbonyl (C=O) groups excluding carboxylic acids is 1. The lowest BCUT2D eigenvalue weighted by molar-refractivity contribution is -0.113. The minimum absolute atomic E-state index is 0.0496. The van der Waals surface area contributed by atoms with Crippen molar-refractivity contribution in [3.05, 3.63) is 53.3 Å². The number of nitrogens with one attached hydrogen (secondary N) is 1. The number of ether oxygens (including phenoxy) is 1. The van der Waals surface area contributed by atoms with Gasteiger partial charge in [0, 0.05) is 18.1 Å². The first-order valence-corrected chi connectivity index (χ1v) is 10.6. The van der Waals surface area contributed by atoms with Gasteiger partial charge in [-0.2, -0.15) is 0 Å². The molecule has 3 aromatic rings. The molecule has 1 aliphatic rings. The fraction of sp³-hybridized carbons (Fsp3) is 0.250. The van der Waals surface area contributed by atoms with E-state index in [1.807, 2.05) is 6.07 Å². The van der Waals surface area contributed by atoms with Crippen molar-refractivity contribution >= 4 is 40.6 Å². The first-order valence-electron chi connectivity index (χ1n) is 9.23. The SMILES string of the molecule is O=C(CSc1nnc(-c2ccccc2F)o1)Nc1cc(Cl)ccc1N1CCOCC1. The zero-order valence-electron chi connectivity index (χ0n) is 15.8. The van der Waals surface area contributed by atoms with Gasteiger partial charge >= 0.3 is 0 Å². The predicted octanol–water partition coefficient (Wildman–Crippen LogP) is 4.10. The molecule has 0 saturated carbocycles. The summed E-state index contributed by atoms with van der Waals surface area (Å²) in [6, 6.07) is 11.5. The van der Waals surface area contributed by atoms with Crippen LogP contribution in [-0.2, 0) is 9.53 Å². The van der Waals surface area contributed by atoms with Gasteiger partial charge in [0.05, 0.1) is 35.9 Å². The topological polar surface area (TPSA) is 80.5 Å². The van der Waals surface area contributed by atoms with Crippen LogP contribution in [0.3, 0.4) is 0 Å². The van der Waals surface area contributed by atoms with Crippen LogP contribution in [-0.4, -0.2) is 48.2 Å². The van der Waals surface area contributed by atoms with E-state index in [-0.39, 0.29) is 28.3 Å². The fourth-order valence-electron chi connectivity index (χ4n) is 3.01. The highest BCUT2D eigenvalue weighted by molar-refractivity contribution is 7.99. The summed E-state index contributed by atoms with van der Waals surface area (Å²) in [6.07, 6.45) is 0. The summed E-state index contributed by atoms with van der Waals surface area (Å²) < 4.78 is 24.7. The third kappa shape index (κ3) is 4.92. The first-order chi connectivity index (χ1) is 14.6. The third-order valence-electron chi connectivity index (χ3n) is 4.42.